The van der Waals surface area contributed by atoms with Crippen LogP contribution in [0.25, 0.3) is 0 Å². The SMILES string of the molecule is Oc1ccc(C=NC2CCC(O)CC2)cc1Br. The summed E-state index contributed by atoms with van der Waals surface area (Å²) in [6.07, 6.45) is 5.31. The van der Waals surface area contributed by atoms with Crippen LogP contribution >= 0.6 is 15.9 Å². The number of halogens is 1. The first-order valence-electron chi connectivity index (χ1n) is 5.85. The van der Waals surface area contributed by atoms with Gasteiger partial charge in [-0.1, -0.05) is 0 Å². The number of aliphatic imine (C=N–C) groups is 1. The molecule has 0 saturated heterocycles. The molecule has 2 N–H and O–H groups in total. The van der Waals surface area contributed by atoms with E-state index in [1.807, 2.05) is 18.3 Å². The maximum absolute atomic E-state index is 9.39. The second-order valence-corrected chi connectivity index (χ2v) is 5.31. The van der Waals surface area contributed by atoms with Crippen molar-refractivity contribution in [2.24, 2.45) is 4.99 Å². The van der Waals surface area contributed by atoms with Crippen molar-refractivity contribution in [3.05, 3.63) is 28.2 Å². The molecule has 17 heavy (non-hydrogen) atoms. The van der Waals surface area contributed by atoms with Crippen molar-refractivity contribution in [1.29, 1.82) is 0 Å². The molecular formula is C13H16BrNO2. The van der Waals surface area contributed by atoms with Crippen LogP contribution in [0.3, 0.4) is 0 Å². The molecule has 0 radical (unpaired) electrons. The molecule has 0 amide bonds. The Bertz CT molecular complexity index is 412. The lowest BCUT2D eigenvalue weighted by Crippen LogP contribution is -2.20. The standard InChI is InChI=1S/C13H16BrNO2/c14-12-7-9(1-6-13(12)17)8-15-10-2-4-11(16)5-3-10/h1,6-8,10-11,16-17H,2-5H2. The van der Waals surface area contributed by atoms with Crippen molar-refractivity contribution in [3.63, 3.8) is 0 Å². The predicted molar refractivity (Wildman–Crippen MR) is 71.7 cm³/mol. The van der Waals surface area contributed by atoms with Crippen LogP contribution in [0.5, 0.6) is 5.75 Å². The first-order chi connectivity index (χ1) is 8.15. The molecule has 0 bridgehead atoms. The third-order valence-electron chi connectivity index (χ3n) is 3.07. The highest BCUT2D eigenvalue weighted by atomic mass is 79.9. The van der Waals surface area contributed by atoms with E-state index >= 15 is 0 Å². The number of aromatic hydroxyl groups is 1. The minimum absolute atomic E-state index is 0.135. The van der Waals surface area contributed by atoms with Gasteiger partial charge in [0.25, 0.3) is 0 Å². The Morgan fingerprint density at radius 3 is 2.59 bits per heavy atom. The zero-order valence-corrected chi connectivity index (χ0v) is 11.1. The second kappa shape index (κ2) is 5.65. The molecule has 1 aromatic carbocycles. The molecule has 1 fully saturated rings. The maximum atomic E-state index is 9.39. The summed E-state index contributed by atoms with van der Waals surface area (Å²) in [5, 5.41) is 18.8. The Balaban J connectivity index is 1.97. The third kappa shape index (κ3) is 3.54. The molecule has 1 aliphatic carbocycles. The summed E-state index contributed by atoms with van der Waals surface area (Å²) in [5.74, 6) is 0.239. The van der Waals surface area contributed by atoms with E-state index in [0.717, 1.165) is 31.2 Å². The number of hydrogen-bond acceptors (Lipinski definition) is 3. The molecule has 0 heterocycles. The highest BCUT2D eigenvalue weighted by Crippen LogP contribution is 2.24. The van der Waals surface area contributed by atoms with E-state index in [0.29, 0.717) is 10.5 Å². The molecule has 3 nitrogen and oxygen atoms in total. The normalized spacial score (nSPS) is 25.3. The first-order valence-corrected chi connectivity index (χ1v) is 6.64. The quantitative estimate of drug-likeness (QED) is 0.825. The zero-order chi connectivity index (χ0) is 12.3. The molecule has 4 heteroatoms. The van der Waals surface area contributed by atoms with E-state index in [-0.39, 0.29) is 11.9 Å². The van der Waals surface area contributed by atoms with Gasteiger partial charge in [0, 0.05) is 6.21 Å². The van der Waals surface area contributed by atoms with Gasteiger partial charge in [0.2, 0.25) is 0 Å². The Labute approximate surface area is 109 Å². The van der Waals surface area contributed by atoms with Crippen LogP contribution in [-0.2, 0) is 0 Å². The minimum Gasteiger partial charge on any atom is -0.507 e. The van der Waals surface area contributed by atoms with Gasteiger partial charge < -0.3 is 10.2 Å². The number of phenols is 1. The van der Waals surface area contributed by atoms with Crippen LogP contribution in [0.4, 0.5) is 0 Å². The monoisotopic (exact) mass is 297 g/mol. The van der Waals surface area contributed by atoms with Gasteiger partial charge >= 0.3 is 0 Å². The molecule has 0 unspecified atom stereocenters. The Morgan fingerprint density at radius 2 is 1.94 bits per heavy atom. The Morgan fingerprint density at radius 1 is 1.24 bits per heavy atom. The van der Waals surface area contributed by atoms with Gasteiger partial charge in [-0.3, -0.25) is 4.99 Å². The van der Waals surface area contributed by atoms with Crippen molar-refractivity contribution in [3.8, 4) is 5.75 Å². The van der Waals surface area contributed by atoms with E-state index in [1.165, 1.54) is 0 Å². The topological polar surface area (TPSA) is 52.8 Å². The van der Waals surface area contributed by atoms with Crippen molar-refractivity contribution in [1.82, 2.24) is 0 Å². The smallest absolute Gasteiger partial charge is 0.129 e. The Kier molecular flexibility index (Phi) is 4.18. The summed E-state index contributed by atoms with van der Waals surface area (Å²) in [5.41, 5.74) is 0.973. The molecule has 92 valence electrons. The average Bonchev–Trinajstić information content (AvgIpc) is 2.33. The van der Waals surface area contributed by atoms with Crippen molar-refractivity contribution in [2.75, 3.05) is 0 Å². The summed E-state index contributed by atoms with van der Waals surface area (Å²) in [4.78, 5) is 4.52. The van der Waals surface area contributed by atoms with Crippen LogP contribution in [0.15, 0.2) is 27.7 Å². The van der Waals surface area contributed by atoms with Crippen LogP contribution in [0.1, 0.15) is 31.2 Å². The second-order valence-electron chi connectivity index (χ2n) is 4.45. The fourth-order valence-electron chi connectivity index (χ4n) is 2.00. The van der Waals surface area contributed by atoms with Gasteiger partial charge in [0.1, 0.15) is 5.75 Å². The van der Waals surface area contributed by atoms with Crippen molar-refractivity contribution >= 4 is 22.1 Å². The van der Waals surface area contributed by atoms with Gasteiger partial charge in [-0.2, -0.15) is 0 Å². The number of hydrogen-bond donors (Lipinski definition) is 2. The Hall–Kier alpha value is -0.870. The summed E-state index contributed by atoms with van der Waals surface area (Å²) in [6, 6.07) is 5.65. The van der Waals surface area contributed by atoms with Crippen LogP contribution < -0.4 is 0 Å². The molecule has 1 aliphatic rings. The maximum Gasteiger partial charge on any atom is 0.129 e. The molecule has 2 rings (SSSR count). The lowest BCUT2D eigenvalue weighted by molar-refractivity contribution is 0.123. The summed E-state index contributed by atoms with van der Waals surface area (Å²) >= 11 is 3.28. The molecule has 0 atom stereocenters. The first kappa shape index (κ1) is 12.6. The van der Waals surface area contributed by atoms with Gasteiger partial charge in [0.15, 0.2) is 0 Å². The molecule has 0 aliphatic heterocycles. The largest absolute Gasteiger partial charge is 0.507 e. The number of phenolic OH excluding ortho intramolecular Hbond substituents is 1. The van der Waals surface area contributed by atoms with Crippen LogP contribution in [0, 0.1) is 0 Å². The lowest BCUT2D eigenvalue weighted by atomic mass is 9.93. The number of nitrogens with zero attached hydrogens (tertiary/aromatic N) is 1. The summed E-state index contributed by atoms with van der Waals surface area (Å²) in [6.45, 7) is 0. The molecule has 0 aromatic heterocycles. The predicted octanol–water partition coefficient (Wildman–Crippen LogP) is 2.88. The molecule has 1 saturated carbocycles. The fraction of sp³-hybridized carbons (Fsp3) is 0.462. The van der Waals surface area contributed by atoms with E-state index in [4.69, 9.17) is 0 Å². The molecule has 0 spiro atoms. The van der Waals surface area contributed by atoms with Gasteiger partial charge in [-0.05, 0) is 65.4 Å². The van der Waals surface area contributed by atoms with Crippen molar-refractivity contribution < 1.29 is 10.2 Å². The zero-order valence-electron chi connectivity index (χ0n) is 9.51. The van der Waals surface area contributed by atoms with E-state index < -0.39 is 0 Å². The number of benzene rings is 1. The van der Waals surface area contributed by atoms with Crippen molar-refractivity contribution in [2.45, 2.75) is 37.8 Å². The van der Waals surface area contributed by atoms with Gasteiger partial charge in [0.05, 0.1) is 16.6 Å². The van der Waals surface area contributed by atoms with Gasteiger partial charge in [-0.15, -0.1) is 0 Å². The number of aliphatic hydroxyl groups excluding tert-OH is 1. The minimum atomic E-state index is -0.135. The average molecular weight is 298 g/mol. The van der Waals surface area contributed by atoms with E-state index in [9.17, 15) is 10.2 Å². The molecule has 1 aromatic rings. The number of aliphatic hydroxyl groups is 1. The van der Waals surface area contributed by atoms with E-state index in [2.05, 4.69) is 20.9 Å². The fourth-order valence-corrected chi connectivity index (χ4v) is 2.40. The summed E-state index contributed by atoms with van der Waals surface area (Å²) < 4.78 is 0.681. The van der Waals surface area contributed by atoms with Gasteiger partial charge in [-0.25, -0.2) is 0 Å². The van der Waals surface area contributed by atoms with E-state index in [1.54, 1.807) is 6.07 Å². The number of rotatable bonds is 2. The lowest BCUT2D eigenvalue weighted by Gasteiger charge is -2.22. The highest BCUT2D eigenvalue weighted by Gasteiger charge is 2.17. The summed E-state index contributed by atoms with van der Waals surface area (Å²) in [7, 11) is 0. The third-order valence-corrected chi connectivity index (χ3v) is 3.71. The highest BCUT2D eigenvalue weighted by molar-refractivity contribution is 9.10. The van der Waals surface area contributed by atoms with Crippen LogP contribution in [0.2, 0.25) is 0 Å². The molecular weight excluding hydrogens is 282 g/mol. The van der Waals surface area contributed by atoms with Crippen LogP contribution in [-0.4, -0.2) is 28.6 Å².